The summed E-state index contributed by atoms with van der Waals surface area (Å²) in [6.07, 6.45) is 3.73. The predicted molar refractivity (Wildman–Crippen MR) is 95.5 cm³/mol. The molecule has 0 amide bonds. The van der Waals surface area contributed by atoms with Crippen LogP contribution in [0.25, 0.3) is 11.4 Å². The molecule has 0 saturated heterocycles. The standard InChI is InChI=1S/C19H19N3O5/c1-2-22-10-13(16(11-22)19(25)26)9-15(24)7-8-17-20-18(21-27-17)12-3-5-14(23)6-4-12/h3-6,10-11,23H,2,7-9H2,1H3,(H,25,26). The average molecular weight is 369 g/mol. The number of rotatable bonds is 8. The van der Waals surface area contributed by atoms with Crippen molar-refractivity contribution in [1.82, 2.24) is 14.7 Å². The highest BCUT2D eigenvalue weighted by atomic mass is 16.5. The lowest BCUT2D eigenvalue weighted by Gasteiger charge is -1.99. The van der Waals surface area contributed by atoms with E-state index in [0.717, 1.165) is 0 Å². The van der Waals surface area contributed by atoms with Crippen LogP contribution in [-0.4, -0.2) is 36.7 Å². The van der Waals surface area contributed by atoms with Gasteiger partial charge in [-0.1, -0.05) is 5.16 Å². The third-order valence-electron chi connectivity index (χ3n) is 4.16. The number of phenols is 1. The number of aromatic carboxylic acids is 1. The SMILES string of the molecule is CCn1cc(CC(=O)CCc2nc(-c3ccc(O)cc3)no2)c(C(=O)O)c1. The van der Waals surface area contributed by atoms with Crippen molar-refractivity contribution < 1.29 is 24.3 Å². The van der Waals surface area contributed by atoms with Gasteiger partial charge in [-0.3, -0.25) is 4.79 Å². The van der Waals surface area contributed by atoms with Crippen molar-refractivity contribution in [3.8, 4) is 17.1 Å². The molecule has 8 nitrogen and oxygen atoms in total. The van der Waals surface area contributed by atoms with E-state index in [-0.39, 0.29) is 36.4 Å². The summed E-state index contributed by atoms with van der Waals surface area (Å²) in [5.74, 6) is -0.288. The summed E-state index contributed by atoms with van der Waals surface area (Å²) in [6.45, 7) is 2.54. The maximum atomic E-state index is 12.3. The van der Waals surface area contributed by atoms with Gasteiger partial charge in [0.1, 0.15) is 11.5 Å². The average Bonchev–Trinajstić information content (AvgIpc) is 3.27. The van der Waals surface area contributed by atoms with E-state index < -0.39 is 5.97 Å². The summed E-state index contributed by atoms with van der Waals surface area (Å²) in [7, 11) is 0. The molecule has 0 fully saturated rings. The number of nitrogens with zero attached hydrogens (tertiary/aromatic N) is 3. The summed E-state index contributed by atoms with van der Waals surface area (Å²) in [4.78, 5) is 27.8. The number of ketones is 1. The lowest BCUT2D eigenvalue weighted by atomic mass is 10.0. The molecule has 8 heteroatoms. The number of benzene rings is 1. The monoisotopic (exact) mass is 369 g/mol. The number of carbonyl (C=O) groups is 2. The van der Waals surface area contributed by atoms with Crippen LogP contribution in [0.2, 0.25) is 0 Å². The Balaban J connectivity index is 1.61. The van der Waals surface area contributed by atoms with Gasteiger partial charge >= 0.3 is 5.97 Å². The highest BCUT2D eigenvalue weighted by Crippen LogP contribution is 2.19. The van der Waals surface area contributed by atoms with Gasteiger partial charge in [0.2, 0.25) is 11.7 Å². The molecule has 1 aromatic carbocycles. The summed E-state index contributed by atoms with van der Waals surface area (Å²) >= 11 is 0. The zero-order valence-corrected chi connectivity index (χ0v) is 14.8. The fraction of sp³-hybridized carbons (Fsp3) is 0.263. The van der Waals surface area contributed by atoms with Crippen molar-refractivity contribution in [2.75, 3.05) is 0 Å². The lowest BCUT2D eigenvalue weighted by Crippen LogP contribution is -2.07. The Hall–Kier alpha value is -3.42. The van der Waals surface area contributed by atoms with Crippen LogP contribution < -0.4 is 0 Å². The fourth-order valence-corrected chi connectivity index (χ4v) is 2.70. The number of Topliss-reactive ketones (excluding diaryl/α,β-unsaturated/α-hetero) is 1. The van der Waals surface area contributed by atoms with Gasteiger partial charge in [-0.05, 0) is 36.8 Å². The van der Waals surface area contributed by atoms with Crippen LogP contribution in [0.15, 0.2) is 41.2 Å². The maximum Gasteiger partial charge on any atom is 0.337 e. The van der Waals surface area contributed by atoms with Gasteiger partial charge < -0.3 is 19.3 Å². The number of aromatic hydroxyl groups is 1. The van der Waals surface area contributed by atoms with E-state index in [2.05, 4.69) is 10.1 Å². The van der Waals surface area contributed by atoms with E-state index in [0.29, 0.717) is 29.4 Å². The zero-order valence-electron chi connectivity index (χ0n) is 14.8. The van der Waals surface area contributed by atoms with Crippen molar-refractivity contribution in [3.05, 3.63) is 53.7 Å². The summed E-state index contributed by atoms with van der Waals surface area (Å²) in [5.41, 5.74) is 1.35. The van der Waals surface area contributed by atoms with Crippen molar-refractivity contribution >= 4 is 11.8 Å². The van der Waals surface area contributed by atoms with Crippen LogP contribution in [0.1, 0.15) is 35.2 Å². The normalized spacial score (nSPS) is 10.9. The van der Waals surface area contributed by atoms with Gasteiger partial charge in [0.05, 0.1) is 5.56 Å². The number of aromatic nitrogens is 3. The summed E-state index contributed by atoms with van der Waals surface area (Å²) in [5, 5.41) is 22.4. The minimum Gasteiger partial charge on any atom is -0.508 e. The molecule has 0 aliphatic rings. The van der Waals surface area contributed by atoms with Crippen molar-refractivity contribution in [2.24, 2.45) is 0 Å². The Bertz CT molecular complexity index is 956. The number of phenolic OH excluding ortho intramolecular Hbond substituents is 1. The van der Waals surface area contributed by atoms with Crippen LogP contribution in [0, 0.1) is 0 Å². The minimum absolute atomic E-state index is 0.0492. The molecule has 0 aliphatic heterocycles. The second kappa shape index (κ2) is 7.86. The van der Waals surface area contributed by atoms with E-state index in [9.17, 15) is 19.8 Å². The Morgan fingerprint density at radius 2 is 1.93 bits per heavy atom. The van der Waals surface area contributed by atoms with E-state index in [1.807, 2.05) is 6.92 Å². The van der Waals surface area contributed by atoms with Gasteiger partial charge in [0, 0.05) is 43.8 Å². The molecule has 0 aliphatic carbocycles. The first-order valence-corrected chi connectivity index (χ1v) is 8.52. The molecule has 0 atom stereocenters. The Kier molecular flexibility index (Phi) is 5.35. The number of hydrogen-bond acceptors (Lipinski definition) is 6. The molecule has 2 heterocycles. The van der Waals surface area contributed by atoms with Gasteiger partial charge in [0.15, 0.2) is 0 Å². The maximum absolute atomic E-state index is 12.3. The van der Waals surface area contributed by atoms with Crippen molar-refractivity contribution in [3.63, 3.8) is 0 Å². The van der Waals surface area contributed by atoms with Crippen LogP contribution in [0.5, 0.6) is 5.75 Å². The second-order valence-electron chi connectivity index (χ2n) is 6.11. The molecule has 140 valence electrons. The molecule has 3 aromatic rings. The molecular formula is C19H19N3O5. The topological polar surface area (TPSA) is 118 Å². The molecular weight excluding hydrogens is 350 g/mol. The molecule has 3 rings (SSSR count). The summed E-state index contributed by atoms with van der Waals surface area (Å²) in [6, 6.07) is 6.39. The molecule has 0 bridgehead atoms. The first-order valence-electron chi connectivity index (χ1n) is 8.52. The number of carbonyl (C=O) groups excluding carboxylic acids is 1. The van der Waals surface area contributed by atoms with Gasteiger partial charge in [0.25, 0.3) is 0 Å². The molecule has 2 N–H and O–H groups in total. The number of aryl methyl sites for hydroxylation is 2. The molecule has 0 spiro atoms. The largest absolute Gasteiger partial charge is 0.508 e. The van der Waals surface area contributed by atoms with E-state index in [1.54, 1.807) is 22.9 Å². The second-order valence-corrected chi connectivity index (χ2v) is 6.11. The van der Waals surface area contributed by atoms with Crippen molar-refractivity contribution in [2.45, 2.75) is 32.7 Å². The van der Waals surface area contributed by atoms with Gasteiger partial charge in [-0.25, -0.2) is 4.79 Å². The summed E-state index contributed by atoms with van der Waals surface area (Å²) < 4.78 is 6.90. The third-order valence-corrected chi connectivity index (χ3v) is 4.16. The Morgan fingerprint density at radius 3 is 2.59 bits per heavy atom. The first-order chi connectivity index (χ1) is 13.0. The highest BCUT2D eigenvalue weighted by molar-refractivity contribution is 5.92. The van der Waals surface area contributed by atoms with Gasteiger partial charge in [-0.15, -0.1) is 0 Å². The molecule has 0 unspecified atom stereocenters. The smallest absolute Gasteiger partial charge is 0.337 e. The third kappa shape index (κ3) is 4.41. The Morgan fingerprint density at radius 1 is 1.19 bits per heavy atom. The molecule has 2 aromatic heterocycles. The first kappa shape index (κ1) is 18.4. The fourth-order valence-electron chi connectivity index (χ4n) is 2.70. The predicted octanol–water partition coefficient (Wildman–Crippen LogP) is 2.71. The number of carboxylic acids is 1. The molecule has 27 heavy (non-hydrogen) atoms. The van der Waals surface area contributed by atoms with E-state index in [1.165, 1.54) is 18.3 Å². The molecule has 0 saturated carbocycles. The van der Waals surface area contributed by atoms with Gasteiger partial charge in [-0.2, -0.15) is 4.98 Å². The van der Waals surface area contributed by atoms with Crippen LogP contribution in [-0.2, 0) is 24.2 Å². The van der Waals surface area contributed by atoms with E-state index in [4.69, 9.17) is 4.52 Å². The molecule has 0 radical (unpaired) electrons. The van der Waals surface area contributed by atoms with Crippen LogP contribution >= 0.6 is 0 Å². The number of hydrogen-bond donors (Lipinski definition) is 2. The highest BCUT2D eigenvalue weighted by Gasteiger charge is 2.17. The quantitative estimate of drug-likeness (QED) is 0.626. The van der Waals surface area contributed by atoms with Crippen molar-refractivity contribution in [1.29, 1.82) is 0 Å². The zero-order chi connectivity index (χ0) is 19.4. The van der Waals surface area contributed by atoms with E-state index >= 15 is 0 Å². The van der Waals surface area contributed by atoms with Crippen LogP contribution in [0.3, 0.4) is 0 Å². The minimum atomic E-state index is -1.04. The number of carboxylic acid groups (broad SMARTS) is 1. The van der Waals surface area contributed by atoms with Crippen LogP contribution in [0.4, 0.5) is 0 Å². The Labute approximate surface area is 155 Å². The lowest BCUT2D eigenvalue weighted by molar-refractivity contribution is -0.118.